The quantitative estimate of drug-likeness (QED) is 0.805. The fourth-order valence-electron chi connectivity index (χ4n) is 2.21. The summed E-state index contributed by atoms with van der Waals surface area (Å²) in [6.07, 6.45) is 4.08. The monoisotopic (exact) mass is 224 g/mol. The second kappa shape index (κ2) is 5.96. The Kier molecular flexibility index (Phi) is 4.30. The van der Waals surface area contributed by atoms with Crippen molar-refractivity contribution in [2.24, 2.45) is 5.92 Å². The summed E-state index contributed by atoms with van der Waals surface area (Å²) in [5.74, 6) is 1.47. The van der Waals surface area contributed by atoms with Crippen molar-refractivity contribution in [1.29, 1.82) is 0 Å². The lowest BCUT2D eigenvalue weighted by molar-refractivity contribution is 0.187. The van der Waals surface area contributed by atoms with Gasteiger partial charge < -0.3 is 9.84 Å². The number of hydrogen-bond acceptors (Lipinski definition) is 5. The first-order chi connectivity index (χ1) is 7.88. The normalized spacial score (nSPS) is 21.5. The van der Waals surface area contributed by atoms with Gasteiger partial charge in [0, 0.05) is 6.54 Å². The molecule has 0 amide bonds. The van der Waals surface area contributed by atoms with Crippen LogP contribution >= 0.6 is 0 Å². The van der Waals surface area contributed by atoms with Crippen molar-refractivity contribution in [2.75, 3.05) is 26.2 Å². The van der Waals surface area contributed by atoms with E-state index in [1.165, 1.54) is 25.7 Å². The van der Waals surface area contributed by atoms with Gasteiger partial charge in [0.2, 0.25) is 5.89 Å². The molecule has 0 aromatic carbocycles. The molecule has 0 bridgehead atoms. The zero-order valence-corrected chi connectivity index (χ0v) is 9.85. The number of piperidine rings is 1. The molecule has 0 radical (unpaired) electrons. The maximum Gasteiger partial charge on any atom is 0.240 e. The Morgan fingerprint density at radius 3 is 3.19 bits per heavy atom. The molecule has 2 rings (SSSR count). The van der Waals surface area contributed by atoms with Crippen LogP contribution in [0.4, 0.5) is 0 Å². The predicted octanol–water partition coefficient (Wildman–Crippen LogP) is 0.891. The largest absolute Gasteiger partial charge is 0.338 e. The average Bonchev–Trinajstić information content (AvgIpc) is 2.82. The molecule has 1 aromatic rings. The van der Waals surface area contributed by atoms with E-state index in [0.717, 1.165) is 32.1 Å². The van der Waals surface area contributed by atoms with Gasteiger partial charge in [-0.05, 0) is 38.4 Å². The molecule has 1 unspecified atom stereocenters. The third-order valence-electron chi connectivity index (χ3n) is 3.13. The molecule has 1 fully saturated rings. The molecule has 1 N–H and O–H groups in total. The molecule has 90 valence electrons. The van der Waals surface area contributed by atoms with E-state index < -0.39 is 0 Å². The number of rotatable bonds is 5. The van der Waals surface area contributed by atoms with Crippen molar-refractivity contribution in [3.8, 4) is 0 Å². The third kappa shape index (κ3) is 3.28. The zero-order chi connectivity index (χ0) is 11.2. The summed E-state index contributed by atoms with van der Waals surface area (Å²) >= 11 is 0. The van der Waals surface area contributed by atoms with Gasteiger partial charge in [0.05, 0.1) is 6.54 Å². The van der Waals surface area contributed by atoms with Crippen molar-refractivity contribution in [1.82, 2.24) is 20.4 Å². The molecule has 1 aliphatic rings. The van der Waals surface area contributed by atoms with Crippen LogP contribution in [0.2, 0.25) is 0 Å². The second-order valence-corrected chi connectivity index (χ2v) is 4.38. The van der Waals surface area contributed by atoms with Gasteiger partial charge in [-0.15, -0.1) is 0 Å². The van der Waals surface area contributed by atoms with E-state index >= 15 is 0 Å². The van der Waals surface area contributed by atoms with Crippen LogP contribution in [-0.4, -0.2) is 41.2 Å². The van der Waals surface area contributed by atoms with Gasteiger partial charge in [-0.2, -0.15) is 4.98 Å². The van der Waals surface area contributed by atoms with Gasteiger partial charge in [0.15, 0.2) is 6.33 Å². The van der Waals surface area contributed by atoms with E-state index in [0.29, 0.717) is 5.89 Å². The fraction of sp³-hybridized carbons (Fsp3) is 0.818. The van der Waals surface area contributed by atoms with Gasteiger partial charge in [-0.3, -0.25) is 4.90 Å². The molecule has 1 aliphatic heterocycles. The lowest BCUT2D eigenvalue weighted by Crippen LogP contribution is -2.38. The maximum atomic E-state index is 5.04. The van der Waals surface area contributed by atoms with Crippen molar-refractivity contribution in [3.05, 3.63) is 12.2 Å². The zero-order valence-electron chi connectivity index (χ0n) is 9.85. The summed E-state index contributed by atoms with van der Waals surface area (Å²) < 4.78 is 5.04. The molecule has 0 aliphatic carbocycles. The lowest BCUT2D eigenvalue weighted by Gasteiger charge is -2.28. The first kappa shape index (κ1) is 11.5. The summed E-state index contributed by atoms with van der Waals surface area (Å²) in [6, 6.07) is 0. The van der Waals surface area contributed by atoms with Crippen molar-refractivity contribution >= 4 is 0 Å². The number of nitrogens with one attached hydrogen (secondary N) is 1. The average molecular weight is 224 g/mol. The highest BCUT2D eigenvalue weighted by Gasteiger charge is 2.17. The van der Waals surface area contributed by atoms with E-state index in [1.54, 1.807) is 0 Å². The molecular formula is C11H20N4O. The predicted molar refractivity (Wildman–Crippen MR) is 60.8 cm³/mol. The van der Waals surface area contributed by atoms with Gasteiger partial charge in [0.1, 0.15) is 0 Å². The fourth-order valence-corrected chi connectivity index (χ4v) is 2.21. The molecule has 0 spiro atoms. The SMILES string of the molecule is CCN(Cc1ncno1)CC1CCCNC1. The Bertz CT molecular complexity index is 282. The van der Waals surface area contributed by atoms with Crippen LogP contribution in [0.1, 0.15) is 25.7 Å². The molecule has 1 atom stereocenters. The van der Waals surface area contributed by atoms with Crippen molar-refractivity contribution in [3.63, 3.8) is 0 Å². The van der Waals surface area contributed by atoms with E-state index in [4.69, 9.17) is 4.52 Å². The van der Waals surface area contributed by atoms with E-state index in [9.17, 15) is 0 Å². The van der Waals surface area contributed by atoms with Crippen LogP contribution in [-0.2, 0) is 6.54 Å². The smallest absolute Gasteiger partial charge is 0.240 e. The molecule has 0 saturated carbocycles. The van der Waals surface area contributed by atoms with E-state index in [2.05, 4.69) is 27.3 Å². The van der Waals surface area contributed by atoms with Crippen LogP contribution in [0, 0.1) is 5.92 Å². The molecular weight excluding hydrogens is 204 g/mol. The van der Waals surface area contributed by atoms with Gasteiger partial charge in [0.25, 0.3) is 0 Å². The summed E-state index contributed by atoms with van der Waals surface area (Å²) in [6.45, 7) is 7.40. The van der Waals surface area contributed by atoms with E-state index in [-0.39, 0.29) is 0 Å². The van der Waals surface area contributed by atoms with Crippen LogP contribution in [0.15, 0.2) is 10.9 Å². The summed E-state index contributed by atoms with van der Waals surface area (Å²) in [4.78, 5) is 6.43. The van der Waals surface area contributed by atoms with Crippen LogP contribution in [0.3, 0.4) is 0 Å². The van der Waals surface area contributed by atoms with Gasteiger partial charge >= 0.3 is 0 Å². The Hall–Kier alpha value is -0.940. The number of nitrogens with zero attached hydrogens (tertiary/aromatic N) is 3. The minimum absolute atomic E-state index is 0.714. The summed E-state index contributed by atoms with van der Waals surface area (Å²) in [7, 11) is 0. The van der Waals surface area contributed by atoms with E-state index in [1.807, 2.05) is 0 Å². The highest BCUT2D eigenvalue weighted by Crippen LogP contribution is 2.12. The highest BCUT2D eigenvalue weighted by molar-refractivity contribution is 4.78. The van der Waals surface area contributed by atoms with Crippen LogP contribution in [0.5, 0.6) is 0 Å². The standard InChI is InChI=1S/C11H20N4O/c1-2-15(8-11-13-9-14-16-11)7-10-4-3-5-12-6-10/h9-10,12H,2-8H2,1H3. The van der Waals surface area contributed by atoms with Crippen LogP contribution in [0.25, 0.3) is 0 Å². The Morgan fingerprint density at radius 1 is 1.62 bits per heavy atom. The number of hydrogen-bond donors (Lipinski definition) is 1. The van der Waals surface area contributed by atoms with Gasteiger partial charge in [-0.25, -0.2) is 0 Å². The lowest BCUT2D eigenvalue weighted by atomic mass is 9.99. The van der Waals surface area contributed by atoms with Crippen molar-refractivity contribution < 1.29 is 4.52 Å². The summed E-state index contributed by atoms with van der Waals surface area (Å²) in [5, 5.41) is 7.08. The first-order valence-corrected chi connectivity index (χ1v) is 6.07. The topological polar surface area (TPSA) is 54.2 Å². The van der Waals surface area contributed by atoms with Gasteiger partial charge in [-0.1, -0.05) is 12.1 Å². The highest BCUT2D eigenvalue weighted by atomic mass is 16.5. The Morgan fingerprint density at radius 2 is 2.56 bits per heavy atom. The second-order valence-electron chi connectivity index (χ2n) is 4.38. The molecule has 1 aromatic heterocycles. The maximum absolute atomic E-state index is 5.04. The minimum atomic E-state index is 0.714. The molecule has 5 nitrogen and oxygen atoms in total. The van der Waals surface area contributed by atoms with Crippen LogP contribution < -0.4 is 5.32 Å². The number of aromatic nitrogens is 2. The third-order valence-corrected chi connectivity index (χ3v) is 3.13. The summed E-state index contributed by atoms with van der Waals surface area (Å²) in [5.41, 5.74) is 0. The minimum Gasteiger partial charge on any atom is -0.338 e. The first-order valence-electron chi connectivity index (χ1n) is 6.07. The molecule has 5 heteroatoms. The molecule has 1 saturated heterocycles. The molecule has 2 heterocycles. The molecule has 16 heavy (non-hydrogen) atoms. The van der Waals surface area contributed by atoms with Crippen molar-refractivity contribution in [2.45, 2.75) is 26.3 Å². The Labute approximate surface area is 96.2 Å². The Balaban J connectivity index is 1.80.